The largest absolute Gasteiger partial charge is 0.845 e. The smallest absolute Gasteiger partial charge is 0.277 e. The Labute approximate surface area is 99.9 Å². The van der Waals surface area contributed by atoms with Gasteiger partial charge in [-0.2, -0.15) is 5.21 Å². The van der Waals surface area contributed by atoms with Crippen LogP contribution in [0, 0.1) is 6.92 Å². The Morgan fingerprint density at radius 3 is 2.94 bits per heavy atom. The van der Waals surface area contributed by atoms with Crippen LogP contribution in [-0.4, -0.2) is 30.2 Å². The van der Waals surface area contributed by atoms with Gasteiger partial charge in [-0.3, -0.25) is 4.79 Å². The first kappa shape index (κ1) is 10.4. The molecule has 8 nitrogen and oxygen atoms in total. The van der Waals surface area contributed by atoms with Crippen molar-refractivity contribution in [1.82, 2.24) is 30.2 Å². The third-order valence-corrected chi connectivity index (χ3v) is 2.53. The molecule has 0 fully saturated rings. The molecule has 90 valence electrons. The predicted molar refractivity (Wildman–Crippen MR) is 59.3 cm³/mol. The predicted octanol–water partition coefficient (Wildman–Crippen LogP) is -0.719. The number of aromatic amines is 1. The number of fused-ring (bicyclic) bond motifs is 1. The molecule has 2 aromatic heterocycles. The van der Waals surface area contributed by atoms with Crippen molar-refractivity contribution in [3.63, 3.8) is 0 Å². The SMILES string of the molecule is Cc1ccc2nc([O-])n(-c3nn[nH]n3)c(=O)c2c1. The molecule has 3 aromatic rings. The summed E-state index contributed by atoms with van der Waals surface area (Å²) in [6.07, 6.45) is 0. The van der Waals surface area contributed by atoms with Gasteiger partial charge in [-0.15, -0.1) is 5.10 Å². The molecule has 0 radical (unpaired) electrons. The Bertz CT molecular complexity index is 777. The summed E-state index contributed by atoms with van der Waals surface area (Å²) < 4.78 is 0.783. The van der Waals surface area contributed by atoms with E-state index in [4.69, 9.17) is 0 Å². The minimum Gasteiger partial charge on any atom is -0.845 e. The highest BCUT2D eigenvalue weighted by Gasteiger charge is 2.10. The molecular weight excluding hydrogens is 236 g/mol. The first-order chi connectivity index (χ1) is 8.66. The Morgan fingerprint density at radius 1 is 1.39 bits per heavy atom. The second-order valence-electron chi connectivity index (χ2n) is 3.77. The van der Waals surface area contributed by atoms with Crippen molar-refractivity contribution < 1.29 is 5.11 Å². The molecule has 1 aromatic carbocycles. The van der Waals surface area contributed by atoms with Crippen LogP contribution in [-0.2, 0) is 0 Å². The fourth-order valence-electron chi connectivity index (χ4n) is 1.71. The molecule has 0 atom stereocenters. The van der Waals surface area contributed by atoms with Crippen molar-refractivity contribution in [2.45, 2.75) is 6.92 Å². The van der Waals surface area contributed by atoms with Crippen molar-refractivity contribution in [1.29, 1.82) is 0 Å². The second-order valence-corrected chi connectivity index (χ2v) is 3.77. The molecule has 0 bridgehead atoms. The highest BCUT2D eigenvalue weighted by Crippen LogP contribution is 2.13. The molecule has 0 spiro atoms. The maximum Gasteiger partial charge on any atom is 0.277 e. The van der Waals surface area contributed by atoms with E-state index in [1.165, 1.54) is 0 Å². The molecule has 0 saturated heterocycles. The van der Waals surface area contributed by atoms with E-state index in [1.807, 2.05) is 6.92 Å². The van der Waals surface area contributed by atoms with Crippen molar-refractivity contribution in [3.05, 3.63) is 34.1 Å². The van der Waals surface area contributed by atoms with Gasteiger partial charge < -0.3 is 5.11 Å². The molecule has 0 amide bonds. The lowest BCUT2D eigenvalue weighted by Crippen LogP contribution is -2.24. The molecule has 0 unspecified atom stereocenters. The van der Waals surface area contributed by atoms with Gasteiger partial charge >= 0.3 is 0 Å². The first-order valence-corrected chi connectivity index (χ1v) is 5.11. The van der Waals surface area contributed by atoms with E-state index in [1.54, 1.807) is 18.2 Å². The molecule has 0 aliphatic heterocycles. The van der Waals surface area contributed by atoms with Crippen LogP contribution in [0.25, 0.3) is 16.9 Å². The average molecular weight is 243 g/mol. The summed E-state index contributed by atoms with van der Waals surface area (Å²) in [4.78, 5) is 16.0. The lowest BCUT2D eigenvalue weighted by Gasteiger charge is -2.12. The summed E-state index contributed by atoms with van der Waals surface area (Å²) in [6.45, 7) is 1.85. The molecule has 8 heteroatoms. The number of nitrogens with zero attached hydrogens (tertiary/aromatic N) is 5. The zero-order valence-corrected chi connectivity index (χ0v) is 9.28. The Kier molecular flexibility index (Phi) is 2.09. The number of benzene rings is 1. The average Bonchev–Trinajstić information content (AvgIpc) is 2.84. The van der Waals surface area contributed by atoms with E-state index >= 15 is 0 Å². The molecule has 0 aliphatic carbocycles. The first-order valence-electron chi connectivity index (χ1n) is 5.11. The zero-order chi connectivity index (χ0) is 12.7. The van der Waals surface area contributed by atoms with Crippen LogP contribution in [0.4, 0.5) is 0 Å². The standard InChI is InChI=1S/C10H8N6O2/c1-5-2-3-7-6(4-5)8(17)16(10(18)11-7)9-12-14-15-13-9/h2-4H,1H3,(H,11,18)(H,12,13,14,15)/p-1. The van der Waals surface area contributed by atoms with Crippen LogP contribution >= 0.6 is 0 Å². The van der Waals surface area contributed by atoms with Crippen LogP contribution in [0.1, 0.15) is 5.56 Å². The third kappa shape index (κ3) is 1.43. The van der Waals surface area contributed by atoms with Crippen LogP contribution in [0.2, 0.25) is 0 Å². The number of hydrogen-bond donors (Lipinski definition) is 1. The number of tetrazole rings is 1. The number of hydrogen-bond acceptors (Lipinski definition) is 6. The fourth-order valence-corrected chi connectivity index (χ4v) is 1.71. The molecule has 2 heterocycles. The Morgan fingerprint density at radius 2 is 2.22 bits per heavy atom. The number of H-pyrrole nitrogens is 1. The lowest BCUT2D eigenvalue weighted by atomic mass is 10.2. The second kappa shape index (κ2) is 3.62. The van der Waals surface area contributed by atoms with Crippen molar-refractivity contribution in [3.8, 4) is 12.0 Å². The minimum atomic E-state index is -0.724. The number of nitrogens with one attached hydrogen (secondary N) is 1. The molecule has 18 heavy (non-hydrogen) atoms. The van der Waals surface area contributed by atoms with Gasteiger partial charge in [0.2, 0.25) is 0 Å². The maximum atomic E-state index is 12.2. The molecule has 0 saturated carbocycles. The summed E-state index contributed by atoms with van der Waals surface area (Å²) in [5, 5.41) is 24.8. The van der Waals surface area contributed by atoms with Crippen LogP contribution < -0.4 is 10.7 Å². The Balaban J connectivity index is 2.43. The maximum absolute atomic E-state index is 12.2. The van der Waals surface area contributed by atoms with E-state index in [9.17, 15) is 9.90 Å². The summed E-state index contributed by atoms with van der Waals surface area (Å²) in [5.74, 6) is -0.110. The number of aryl methyl sites for hydroxylation is 1. The zero-order valence-electron chi connectivity index (χ0n) is 9.28. The highest BCUT2D eigenvalue weighted by molar-refractivity contribution is 5.78. The summed E-state index contributed by atoms with van der Waals surface area (Å²) in [7, 11) is 0. The number of rotatable bonds is 1. The van der Waals surface area contributed by atoms with Gasteiger partial charge in [-0.25, -0.2) is 9.55 Å². The summed E-state index contributed by atoms with van der Waals surface area (Å²) >= 11 is 0. The van der Waals surface area contributed by atoms with Crippen LogP contribution in [0.15, 0.2) is 23.0 Å². The van der Waals surface area contributed by atoms with Gasteiger partial charge in [0.25, 0.3) is 11.5 Å². The van der Waals surface area contributed by atoms with E-state index < -0.39 is 11.6 Å². The molecule has 0 aliphatic rings. The summed E-state index contributed by atoms with van der Waals surface area (Å²) in [5.41, 5.74) is 0.755. The molecule has 3 rings (SSSR count). The summed E-state index contributed by atoms with van der Waals surface area (Å²) in [6, 6.07) is 4.36. The van der Waals surface area contributed by atoms with Gasteiger partial charge in [0.15, 0.2) is 0 Å². The topological polar surface area (TPSA) is 112 Å². The van der Waals surface area contributed by atoms with E-state index in [0.29, 0.717) is 10.9 Å². The minimum absolute atomic E-state index is 0.110. The lowest BCUT2D eigenvalue weighted by molar-refractivity contribution is -0.284. The van der Waals surface area contributed by atoms with E-state index in [-0.39, 0.29) is 5.95 Å². The normalized spacial score (nSPS) is 10.9. The van der Waals surface area contributed by atoms with Crippen molar-refractivity contribution in [2.24, 2.45) is 0 Å². The molecular formula is C10H7N6O2-. The van der Waals surface area contributed by atoms with Gasteiger partial charge in [-0.05, 0) is 24.3 Å². The van der Waals surface area contributed by atoms with Crippen LogP contribution in [0.5, 0.6) is 6.01 Å². The van der Waals surface area contributed by atoms with Gasteiger partial charge in [0.1, 0.15) is 0 Å². The molecule has 1 N–H and O–H groups in total. The van der Waals surface area contributed by atoms with E-state index in [0.717, 1.165) is 10.1 Å². The highest BCUT2D eigenvalue weighted by atomic mass is 16.3. The monoisotopic (exact) mass is 243 g/mol. The van der Waals surface area contributed by atoms with E-state index in [2.05, 4.69) is 25.6 Å². The quantitative estimate of drug-likeness (QED) is 0.603. The van der Waals surface area contributed by atoms with Crippen LogP contribution in [0.3, 0.4) is 0 Å². The fraction of sp³-hybridized carbons (Fsp3) is 0.100. The van der Waals surface area contributed by atoms with Gasteiger partial charge in [-0.1, -0.05) is 16.7 Å². The number of aromatic nitrogens is 6. The van der Waals surface area contributed by atoms with Gasteiger partial charge in [0, 0.05) is 0 Å². The van der Waals surface area contributed by atoms with Crippen molar-refractivity contribution >= 4 is 10.9 Å². The van der Waals surface area contributed by atoms with Gasteiger partial charge in [0.05, 0.1) is 16.9 Å². The Hall–Kier alpha value is -2.77. The van der Waals surface area contributed by atoms with Crippen molar-refractivity contribution in [2.75, 3.05) is 0 Å². The third-order valence-electron chi connectivity index (χ3n) is 2.53.